The number of nitrogens with one attached hydrogen (secondary N) is 1. The summed E-state index contributed by atoms with van der Waals surface area (Å²) >= 11 is 0. The number of pyridine rings is 1. The van der Waals surface area contributed by atoms with Gasteiger partial charge in [-0.2, -0.15) is 0 Å². The van der Waals surface area contributed by atoms with Gasteiger partial charge in [-0.15, -0.1) is 0 Å². The van der Waals surface area contributed by atoms with E-state index < -0.39 is 12.1 Å². The summed E-state index contributed by atoms with van der Waals surface area (Å²) in [5, 5.41) is 11.5. The van der Waals surface area contributed by atoms with Gasteiger partial charge in [0.1, 0.15) is 5.69 Å². The van der Waals surface area contributed by atoms with E-state index in [2.05, 4.69) is 15.0 Å². The minimum Gasteiger partial charge on any atom is -0.477 e. The van der Waals surface area contributed by atoms with E-state index >= 15 is 0 Å². The molecule has 8 nitrogen and oxygen atoms in total. The van der Waals surface area contributed by atoms with E-state index in [1.54, 1.807) is 4.90 Å². The number of methoxy groups -OCH3 is 1. The van der Waals surface area contributed by atoms with Gasteiger partial charge >= 0.3 is 12.1 Å². The lowest BCUT2D eigenvalue weighted by atomic mass is 10.2. The van der Waals surface area contributed by atoms with Gasteiger partial charge in [-0.25, -0.2) is 14.6 Å². The number of alkyl carbamates (subject to hydrolysis) is 1. The monoisotopic (exact) mass is 293 g/mol. The van der Waals surface area contributed by atoms with Crippen LogP contribution in [-0.2, 0) is 4.74 Å². The highest BCUT2D eigenvalue weighted by molar-refractivity contribution is 5.96. The molecule has 2 amide bonds. The van der Waals surface area contributed by atoms with Gasteiger partial charge in [-0.1, -0.05) is 0 Å². The Balaban J connectivity index is 2.03. The van der Waals surface area contributed by atoms with Crippen LogP contribution in [0.15, 0.2) is 18.3 Å². The summed E-state index contributed by atoms with van der Waals surface area (Å²) < 4.78 is 4.51. The summed E-state index contributed by atoms with van der Waals surface area (Å²) in [6.45, 7) is 0.844. The molecule has 2 heterocycles. The molecule has 21 heavy (non-hydrogen) atoms. The third kappa shape index (κ3) is 3.47. The first-order valence-corrected chi connectivity index (χ1v) is 6.34. The predicted molar refractivity (Wildman–Crippen MR) is 71.0 cm³/mol. The first-order valence-electron chi connectivity index (χ1n) is 6.34. The molecular weight excluding hydrogens is 278 g/mol. The zero-order valence-electron chi connectivity index (χ0n) is 11.4. The van der Waals surface area contributed by atoms with Crippen molar-refractivity contribution in [3.05, 3.63) is 29.6 Å². The molecule has 0 aliphatic carbocycles. The van der Waals surface area contributed by atoms with E-state index in [9.17, 15) is 14.4 Å². The van der Waals surface area contributed by atoms with Crippen LogP contribution in [0.4, 0.5) is 4.79 Å². The molecule has 2 N–H and O–H groups in total. The van der Waals surface area contributed by atoms with Crippen molar-refractivity contribution in [2.24, 2.45) is 0 Å². The Hall–Kier alpha value is -2.64. The van der Waals surface area contributed by atoms with Crippen molar-refractivity contribution in [2.45, 2.75) is 12.5 Å². The minimum atomic E-state index is -1.18. The Morgan fingerprint density at radius 2 is 2.24 bits per heavy atom. The molecule has 0 aromatic carbocycles. The summed E-state index contributed by atoms with van der Waals surface area (Å²) in [6, 6.07) is 2.55. The highest BCUT2D eigenvalue weighted by atomic mass is 16.5. The Bertz CT molecular complexity index is 575. The Kier molecular flexibility index (Phi) is 4.36. The van der Waals surface area contributed by atoms with Gasteiger partial charge in [0.05, 0.1) is 13.2 Å². The summed E-state index contributed by atoms with van der Waals surface area (Å²) in [5.74, 6) is -1.47. The van der Waals surface area contributed by atoms with Gasteiger partial charge in [-0.3, -0.25) is 4.79 Å². The van der Waals surface area contributed by atoms with Gasteiger partial charge in [0.15, 0.2) is 0 Å². The molecule has 0 radical (unpaired) electrons. The molecule has 0 spiro atoms. The van der Waals surface area contributed by atoms with Crippen molar-refractivity contribution in [3.63, 3.8) is 0 Å². The highest BCUT2D eigenvalue weighted by Crippen LogP contribution is 2.14. The number of nitrogens with zero attached hydrogens (tertiary/aromatic N) is 2. The number of amides is 2. The molecule has 1 aliphatic heterocycles. The van der Waals surface area contributed by atoms with Crippen LogP contribution < -0.4 is 5.32 Å². The van der Waals surface area contributed by atoms with Gasteiger partial charge in [-0.05, 0) is 18.6 Å². The number of ether oxygens (including phenoxy) is 1. The second-order valence-electron chi connectivity index (χ2n) is 4.61. The van der Waals surface area contributed by atoms with Gasteiger partial charge in [0.25, 0.3) is 5.91 Å². The molecule has 8 heteroatoms. The number of hydrogen-bond donors (Lipinski definition) is 2. The normalized spacial score (nSPS) is 17.4. The number of carbonyl (C=O) groups excluding carboxylic acids is 2. The largest absolute Gasteiger partial charge is 0.477 e. The van der Waals surface area contributed by atoms with Gasteiger partial charge < -0.3 is 20.1 Å². The molecule has 2 rings (SSSR count). The van der Waals surface area contributed by atoms with E-state index in [0.717, 1.165) is 0 Å². The lowest BCUT2D eigenvalue weighted by Gasteiger charge is -2.17. The molecule has 0 bridgehead atoms. The molecule has 1 aromatic heterocycles. The van der Waals surface area contributed by atoms with Crippen LogP contribution in [0.1, 0.15) is 27.3 Å². The Labute approximate surface area is 120 Å². The van der Waals surface area contributed by atoms with Crippen LogP contribution in [0.25, 0.3) is 0 Å². The van der Waals surface area contributed by atoms with Gasteiger partial charge in [0.2, 0.25) is 0 Å². The molecule has 1 aromatic rings. The fourth-order valence-corrected chi connectivity index (χ4v) is 2.15. The van der Waals surface area contributed by atoms with E-state index in [1.807, 2.05) is 0 Å². The molecule has 1 fully saturated rings. The van der Waals surface area contributed by atoms with Crippen LogP contribution in [0.3, 0.4) is 0 Å². The van der Waals surface area contributed by atoms with Crippen LogP contribution in [0.5, 0.6) is 0 Å². The average Bonchev–Trinajstić information content (AvgIpc) is 2.94. The van der Waals surface area contributed by atoms with Crippen molar-refractivity contribution >= 4 is 18.0 Å². The summed E-state index contributed by atoms with van der Waals surface area (Å²) in [7, 11) is 1.28. The molecule has 1 aliphatic rings. The SMILES string of the molecule is COC(=O)NC1CCN(C(=O)c2ccnc(C(=O)O)c2)C1. The third-order valence-electron chi connectivity index (χ3n) is 3.21. The number of likely N-dealkylation sites (tertiary alicyclic amines) is 1. The topological polar surface area (TPSA) is 109 Å². The number of carboxylic acids is 1. The van der Waals surface area contributed by atoms with Crippen LogP contribution in [-0.4, -0.2) is 59.2 Å². The van der Waals surface area contributed by atoms with Crippen molar-refractivity contribution in [1.29, 1.82) is 0 Å². The number of aromatic carboxylic acids is 1. The van der Waals surface area contributed by atoms with Crippen molar-refractivity contribution in [3.8, 4) is 0 Å². The lowest BCUT2D eigenvalue weighted by molar-refractivity contribution is 0.0690. The van der Waals surface area contributed by atoms with E-state index in [4.69, 9.17) is 5.11 Å². The first-order chi connectivity index (χ1) is 10.0. The van der Waals surface area contributed by atoms with Crippen molar-refractivity contribution < 1.29 is 24.2 Å². The maximum atomic E-state index is 12.3. The predicted octanol–water partition coefficient (Wildman–Crippen LogP) is 0.350. The highest BCUT2D eigenvalue weighted by Gasteiger charge is 2.28. The van der Waals surface area contributed by atoms with E-state index in [-0.39, 0.29) is 23.2 Å². The lowest BCUT2D eigenvalue weighted by Crippen LogP contribution is -2.38. The molecule has 1 unspecified atom stereocenters. The van der Waals surface area contributed by atoms with Crippen LogP contribution in [0.2, 0.25) is 0 Å². The first kappa shape index (κ1) is 14.8. The summed E-state index contributed by atoms with van der Waals surface area (Å²) in [6.07, 6.45) is 1.38. The fourth-order valence-electron chi connectivity index (χ4n) is 2.15. The third-order valence-corrected chi connectivity index (χ3v) is 3.21. The molecular formula is C13H15N3O5. The van der Waals surface area contributed by atoms with E-state index in [0.29, 0.717) is 19.5 Å². The standard InChI is InChI=1S/C13H15N3O5/c1-21-13(20)15-9-3-5-16(7-9)11(17)8-2-4-14-10(6-8)12(18)19/h2,4,6,9H,3,5,7H2,1H3,(H,15,20)(H,18,19). The minimum absolute atomic E-state index is 0.165. The zero-order chi connectivity index (χ0) is 15.4. The van der Waals surface area contributed by atoms with E-state index in [1.165, 1.54) is 25.4 Å². The van der Waals surface area contributed by atoms with Gasteiger partial charge in [0, 0.05) is 24.8 Å². The molecule has 1 saturated heterocycles. The quantitative estimate of drug-likeness (QED) is 0.832. The average molecular weight is 293 g/mol. The van der Waals surface area contributed by atoms with Crippen molar-refractivity contribution in [1.82, 2.24) is 15.2 Å². The van der Waals surface area contributed by atoms with Crippen LogP contribution in [0, 0.1) is 0 Å². The second-order valence-corrected chi connectivity index (χ2v) is 4.61. The summed E-state index contributed by atoms with van der Waals surface area (Å²) in [4.78, 5) is 39.5. The number of carboxylic acid groups (broad SMARTS) is 1. The maximum absolute atomic E-state index is 12.3. The number of aromatic nitrogens is 1. The summed E-state index contributed by atoms with van der Waals surface area (Å²) in [5.41, 5.74) is 0.0883. The number of hydrogen-bond acceptors (Lipinski definition) is 5. The molecule has 0 saturated carbocycles. The molecule has 1 atom stereocenters. The number of rotatable bonds is 3. The Morgan fingerprint density at radius 3 is 2.90 bits per heavy atom. The maximum Gasteiger partial charge on any atom is 0.407 e. The smallest absolute Gasteiger partial charge is 0.407 e. The van der Waals surface area contributed by atoms with Crippen LogP contribution >= 0.6 is 0 Å². The fraction of sp³-hybridized carbons (Fsp3) is 0.385. The number of carbonyl (C=O) groups is 3. The zero-order valence-corrected chi connectivity index (χ0v) is 11.4. The Morgan fingerprint density at radius 1 is 1.48 bits per heavy atom. The van der Waals surface area contributed by atoms with Crippen molar-refractivity contribution in [2.75, 3.05) is 20.2 Å². The second kappa shape index (κ2) is 6.21. The molecule has 112 valence electrons.